The van der Waals surface area contributed by atoms with E-state index >= 15 is 0 Å². The lowest BCUT2D eigenvalue weighted by Gasteiger charge is -2.26. The summed E-state index contributed by atoms with van der Waals surface area (Å²) in [5.41, 5.74) is 0. The summed E-state index contributed by atoms with van der Waals surface area (Å²) in [4.78, 5) is 20.4. The molecule has 0 aromatic rings. The van der Waals surface area contributed by atoms with Crippen molar-refractivity contribution in [1.29, 1.82) is 0 Å². The summed E-state index contributed by atoms with van der Waals surface area (Å²) in [6.07, 6.45) is 3.41. The SMILES string of the molecule is CS(C)(CC(=O)O)CC(=O)O. The van der Waals surface area contributed by atoms with Crippen LogP contribution < -0.4 is 0 Å². The Bertz CT molecular complexity index is 157. The number of carbonyl (C=O) groups is 2. The van der Waals surface area contributed by atoms with Crippen molar-refractivity contribution in [3.05, 3.63) is 0 Å². The van der Waals surface area contributed by atoms with E-state index in [1.165, 1.54) is 0 Å². The Morgan fingerprint density at radius 1 is 1.09 bits per heavy atom. The summed E-state index contributed by atoms with van der Waals surface area (Å²) in [6, 6.07) is 0. The van der Waals surface area contributed by atoms with Gasteiger partial charge in [-0.3, -0.25) is 9.59 Å². The van der Waals surface area contributed by atoms with Crippen molar-refractivity contribution in [2.24, 2.45) is 0 Å². The summed E-state index contributed by atoms with van der Waals surface area (Å²) >= 11 is 0. The van der Waals surface area contributed by atoms with Gasteiger partial charge in [-0.1, -0.05) is 0 Å². The third-order valence-corrected chi connectivity index (χ3v) is 3.09. The molecule has 0 amide bonds. The van der Waals surface area contributed by atoms with Crippen LogP contribution in [0.25, 0.3) is 0 Å². The number of aliphatic carboxylic acids is 2. The van der Waals surface area contributed by atoms with Crippen molar-refractivity contribution >= 4 is 22.0 Å². The zero-order chi connectivity index (χ0) is 9.07. The molecule has 4 nitrogen and oxygen atoms in total. The molecule has 0 aliphatic rings. The molecule has 0 bridgehead atoms. The molecule has 0 rings (SSSR count). The molecule has 0 radical (unpaired) electrons. The predicted octanol–water partition coefficient (Wildman–Crippen LogP) is 0.220. The van der Waals surface area contributed by atoms with E-state index in [-0.39, 0.29) is 11.5 Å². The molecule has 0 atom stereocenters. The molecule has 0 aliphatic carbocycles. The number of carboxylic acids is 2. The van der Waals surface area contributed by atoms with Gasteiger partial charge in [0.2, 0.25) is 0 Å². The van der Waals surface area contributed by atoms with Gasteiger partial charge in [-0.15, -0.1) is 0 Å². The lowest BCUT2D eigenvalue weighted by Crippen LogP contribution is -2.18. The highest BCUT2D eigenvalue weighted by Gasteiger charge is 2.19. The van der Waals surface area contributed by atoms with Crippen LogP contribution in [0.1, 0.15) is 0 Å². The molecular formula is C6H12O4S. The van der Waals surface area contributed by atoms with Gasteiger partial charge in [-0.25, -0.2) is 10.0 Å². The lowest BCUT2D eigenvalue weighted by molar-refractivity contribution is -0.134. The van der Waals surface area contributed by atoms with Gasteiger partial charge in [0.05, 0.1) is 11.5 Å². The minimum atomic E-state index is -1.48. The van der Waals surface area contributed by atoms with Crippen molar-refractivity contribution < 1.29 is 19.8 Å². The van der Waals surface area contributed by atoms with Crippen molar-refractivity contribution in [3.8, 4) is 0 Å². The first-order chi connectivity index (χ1) is 4.83. The molecule has 0 heterocycles. The van der Waals surface area contributed by atoms with E-state index in [9.17, 15) is 9.59 Å². The Hall–Kier alpha value is -0.710. The van der Waals surface area contributed by atoms with Crippen LogP contribution in [-0.2, 0) is 9.59 Å². The molecule has 0 aliphatic heterocycles. The fraction of sp³-hybridized carbons (Fsp3) is 0.667. The highest BCUT2D eigenvalue weighted by atomic mass is 32.3. The maximum atomic E-state index is 10.2. The fourth-order valence-corrected chi connectivity index (χ4v) is 2.16. The van der Waals surface area contributed by atoms with Crippen LogP contribution in [0.4, 0.5) is 0 Å². The smallest absolute Gasteiger partial charge is 0.311 e. The molecule has 0 saturated heterocycles. The summed E-state index contributed by atoms with van der Waals surface area (Å²) in [6.45, 7) is 0. The minimum Gasteiger partial charge on any atom is -0.481 e. The quantitative estimate of drug-likeness (QED) is 0.649. The maximum absolute atomic E-state index is 10.2. The van der Waals surface area contributed by atoms with Gasteiger partial charge in [0, 0.05) is 0 Å². The Balaban J connectivity index is 3.99. The van der Waals surface area contributed by atoms with E-state index in [0.29, 0.717) is 0 Å². The number of hydrogen-bond donors (Lipinski definition) is 2. The maximum Gasteiger partial charge on any atom is 0.311 e. The molecule has 5 heteroatoms. The third-order valence-electron chi connectivity index (χ3n) is 1.03. The van der Waals surface area contributed by atoms with Crippen LogP contribution in [0.3, 0.4) is 0 Å². The summed E-state index contributed by atoms with van der Waals surface area (Å²) in [5.74, 6) is -1.91. The number of hydrogen-bond acceptors (Lipinski definition) is 2. The molecule has 0 fully saturated rings. The van der Waals surface area contributed by atoms with Gasteiger partial charge in [0.25, 0.3) is 0 Å². The number of rotatable bonds is 4. The first-order valence-corrected chi connectivity index (χ1v) is 5.74. The highest BCUT2D eigenvalue weighted by Crippen LogP contribution is 2.38. The minimum absolute atomic E-state index is 0.0285. The Labute approximate surface area is 66.5 Å². The second kappa shape index (κ2) is 3.61. The average molecular weight is 180 g/mol. The molecule has 11 heavy (non-hydrogen) atoms. The second-order valence-electron chi connectivity index (χ2n) is 2.84. The second-order valence-corrected chi connectivity index (χ2v) is 6.95. The normalized spacial score (nSPS) is 12.5. The van der Waals surface area contributed by atoms with E-state index in [4.69, 9.17) is 10.2 Å². The molecular weight excluding hydrogens is 168 g/mol. The third kappa shape index (κ3) is 5.72. The van der Waals surface area contributed by atoms with Crippen LogP contribution in [0.2, 0.25) is 0 Å². The van der Waals surface area contributed by atoms with Gasteiger partial charge in [-0.05, 0) is 12.5 Å². The van der Waals surface area contributed by atoms with Crippen LogP contribution in [0, 0.1) is 0 Å². The molecule has 0 spiro atoms. The van der Waals surface area contributed by atoms with Gasteiger partial charge in [0.15, 0.2) is 0 Å². The average Bonchev–Trinajstić information content (AvgIpc) is 1.53. The van der Waals surface area contributed by atoms with Crippen molar-refractivity contribution in [3.63, 3.8) is 0 Å². The van der Waals surface area contributed by atoms with Gasteiger partial charge in [-0.2, -0.15) is 0 Å². The van der Waals surface area contributed by atoms with E-state index < -0.39 is 22.0 Å². The standard InChI is InChI=1S/C6H12O4S/c1-11(2,3-5(7)8)4-6(9)10/h3-4H2,1-2H3,(H,7,8)(H,9,10). The van der Waals surface area contributed by atoms with Crippen LogP contribution in [0.5, 0.6) is 0 Å². The molecule has 0 aromatic heterocycles. The largest absolute Gasteiger partial charge is 0.481 e. The fourth-order valence-electron chi connectivity index (χ4n) is 0.720. The molecule has 2 N–H and O–H groups in total. The van der Waals surface area contributed by atoms with Crippen molar-refractivity contribution in [1.82, 2.24) is 0 Å². The van der Waals surface area contributed by atoms with Crippen LogP contribution >= 0.6 is 10.0 Å². The highest BCUT2D eigenvalue weighted by molar-refractivity contribution is 8.33. The first kappa shape index (κ1) is 10.3. The van der Waals surface area contributed by atoms with Gasteiger partial charge >= 0.3 is 11.9 Å². The Kier molecular flexibility index (Phi) is 3.38. The molecule has 0 saturated carbocycles. The molecule has 0 unspecified atom stereocenters. The van der Waals surface area contributed by atoms with E-state index in [0.717, 1.165) is 0 Å². The lowest BCUT2D eigenvalue weighted by atomic mass is 10.8. The zero-order valence-electron chi connectivity index (χ0n) is 6.53. The monoisotopic (exact) mass is 180 g/mol. The van der Waals surface area contributed by atoms with Crippen LogP contribution in [-0.4, -0.2) is 46.2 Å². The molecule has 66 valence electrons. The first-order valence-electron chi connectivity index (χ1n) is 2.96. The van der Waals surface area contributed by atoms with Crippen LogP contribution in [0.15, 0.2) is 0 Å². The van der Waals surface area contributed by atoms with Crippen molar-refractivity contribution in [2.45, 2.75) is 0 Å². The summed E-state index contributed by atoms with van der Waals surface area (Å²) in [7, 11) is -1.48. The zero-order valence-corrected chi connectivity index (χ0v) is 7.35. The molecule has 0 aromatic carbocycles. The summed E-state index contributed by atoms with van der Waals surface area (Å²) < 4.78 is 0. The van der Waals surface area contributed by atoms with Gasteiger partial charge < -0.3 is 10.2 Å². The Morgan fingerprint density at radius 3 is 1.55 bits per heavy atom. The van der Waals surface area contributed by atoms with E-state index in [2.05, 4.69) is 0 Å². The topological polar surface area (TPSA) is 74.6 Å². The van der Waals surface area contributed by atoms with E-state index in [1.54, 1.807) is 12.5 Å². The van der Waals surface area contributed by atoms with Crippen molar-refractivity contribution in [2.75, 3.05) is 24.0 Å². The number of carboxylic acid groups (broad SMARTS) is 2. The Morgan fingerprint density at radius 2 is 1.36 bits per heavy atom. The van der Waals surface area contributed by atoms with Gasteiger partial charge in [0.1, 0.15) is 0 Å². The van der Waals surface area contributed by atoms with E-state index in [1.807, 2.05) is 0 Å². The summed E-state index contributed by atoms with van der Waals surface area (Å²) in [5, 5.41) is 16.8. The predicted molar refractivity (Wildman–Crippen MR) is 44.4 cm³/mol.